The Labute approximate surface area is 120 Å². The Kier molecular flexibility index (Phi) is 5.38. The summed E-state index contributed by atoms with van der Waals surface area (Å²) in [6.45, 7) is 3.31. The van der Waals surface area contributed by atoms with E-state index in [1.165, 1.54) is 25.3 Å². The fourth-order valence-corrected chi connectivity index (χ4v) is 2.76. The Morgan fingerprint density at radius 1 is 1.45 bits per heavy atom. The Balaban J connectivity index is 1.83. The number of nitrogens with zero attached hydrogens (tertiary/aromatic N) is 1. The monoisotopic (exact) mass is 281 g/mol. The van der Waals surface area contributed by atoms with Crippen LogP contribution in [0.1, 0.15) is 44.3 Å². The summed E-state index contributed by atoms with van der Waals surface area (Å²) in [6.07, 6.45) is 3.96. The zero-order chi connectivity index (χ0) is 14.5. The number of benzene rings is 1. The number of likely N-dealkylation sites (tertiary alicyclic amines) is 1. The molecule has 1 aliphatic rings. The lowest BCUT2D eigenvalue weighted by Gasteiger charge is -2.32. The largest absolute Gasteiger partial charge is 0.493 e. The van der Waals surface area contributed by atoms with Crippen molar-refractivity contribution in [1.82, 2.24) is 4.90 Å². The third-order valence-corrected chi connectivity index (χ3v) is 4.06. The van der Waals surface area contributed by atoms with Crippen LogP contribution in [-0.4, -0.2) is 36.2 Å². The minimum Gasteiger partial charge on any atom is -0.493 e. The normalized spacial score (nSPS) is 21.7. The number of hydrogen-bond acceptors (Lipinski definition) is 3. The number of rotatable bonds is 5. The fraction of sp³-hybridized carbons (Fsp3) is 0.625. The van der Waals surface area contributed by atoms with Gasteiger partial charge in [0.15, 0.2) is 0 Å². The summed E-state index contributed by atoms with van der Waals surface area (Å²) in [5.74, 6) is 0.123. The van der Waals surface area contributed by atoms with Crippen molar-refractivity contribution in [2.75, 3.05) is 20.2 Å². The summed E-state index contributed by atoms with van der Waals surface area (Å²) in [4.78, 5) is 2.38. The van der Waals surface area contributed by atoms with Crippen LogP contribution in [0.25, 0.3) is 0 Å². The topological polar surface area (TPSA) is 32.7 Å². The van der Waals surface area contributed by atoms with Crippen LogP contribution in [0.4, 0.5) is 4.39 Å². The first-order valence-electron chi connectivity index (χ1n) is 7.38. The van der Waals surface area contributed by atoms with Gasteiger partial charge in [0.1, 0.15) is 11.6 Å². The third-order valence-electron chi connectivity index (χ3n) is 4.06. The Hall–Kier alpha value is -1.13. The summed E-state index contributed by atoms with van der Waals surface area (Å²) < 4.78 is 19.3. The van der Waals surface area contributed by atoms with Gasteiger partial charge in [-0.15, -0.1) is 0 Å². The molecular weight excluding hydrogens is 257 g/mol. The van der Waals surface area contributed by atoms with E-state index in [0.717, 1.165) is 13.0 Å². The number of aliphatic hydroxyl groups is 1. The van der Waals surface area contributed by atoms with E-state index in [-0.39, 0.29) is 0 Å². The number of piperidine rings is 1. The van der Waals surface area contributed by atoms with Crippen LogP contribution in [0.3, 0.4) is 0 Å². The van der Waals surface area contributed by atoms with Crippen LogP contribution in [0.15, 0.2) is 18.2 Å². The van der Waals surface area contributed by atoms with Crippen molar-refractivity contribution in [3.05, 3.63) is 29.6 Å². The smallest absolute Gasteiger partial charge is 0.132 e. The van der Waals surface area contributed by atoms with Crippen molar-refractivity contribution in [2.24, 2.45) is 0 Å². The molecule has 1 saturated heterocycles. The van der Waals surface area contributed by atoms with E-state index >= 15 is 0 Å². The van der Waals surface area contributed by atoms with E-state index in [4.69, 9.17) is 4.74 Å². The molecule has 1 fully saturated rings. The summed E-state index contributed by atoms with van der Waals surface area (Å²) in [6, 6.07) is 5.23. The van der Waals surface area contributed by atoms with Gasteiger partial charge in [0, 0.05) is 17.7 Å². The molecule has 2 atom stereocenters. The van der Waals surface area contributed by atoms with Crippen molar-refractivity contribution in [1.29, 1.82) is 0 Å². The maximum atomic E-state index is 13.7. The number of ether oxygens (including phenoxy) is 1. The van der Waals surface area contributed by atoms with Gasteiger partial charge in [-0.3, -0.25) is 0 Å². The van der Waals surface area contributed by atoms with Gasteiger partial charge < -0.3 is 14.7 Å². The van der Waals surface area contributed by atoms with Crippen molar-refractivity contribution < 1.29 is 14.2 Å². The quantitative estimate of drug-likeness (QED) is 0.900. The maximum Gasteiger partial charge on any atom is 0.132 e. The molecule has 0 aromatic heterocycles. The highest BCUT2D eigenvalue weighted by Crippen LogP contribution is 2.23. The van der Waals surface area contributed by atoms with Crippen LogP contribution in [0.5, 0.6) is 5.75 Å². The van der Waals surface area contributed by atoms with Gasteiger partial charge in [-0.05, 0) is 51.9 Å². The van der Waals surface area contributed by atoms with Crippen LogP contribution < -0.4 is 4.74 Å². The highest BCUT2D eigenvalue weighted by Gasteiger charge is 2.18. The molecule has 0 aliphatic carbocycles. The first-order valence-corrected chi connectivity index (χ1v) is 7.38. The van der Waals surface area contributed by atoms with Gasteiger partial charge in [-0.2, -0.15) is 0 Å². The van der Waals surface area contributed by atoms with Crippen LogP contribution in [0.2, 0.25) is 0 Å². The molecule has 1 heterocycles. The molecule has 112 valence electrons. The molecule has 0 bridgehead atoms. The molecule has 0 amide bonds. The molecule has 0 saturated carbocycles. The average molecular weight is 281 g/mol. The summed E-state index contributed by atoms with van der Waals surface area (Å²) in [7, 11) is 2.15. The first-order chi connectivity index (χ1) is 9.58. The van der Waals surface area contributed by atoms with Gasteiger partial charge in [-0.1, -0.05) is 6.42 Å². The fourth-order valence-electron chi connectivity index (χ4n) is 2.76. The molecule has 1 aromatic carbocycles. The van der Waals surface area contributed by atoms with Crippen molar-refractivity contribution in [2.45, 2.75) is 44.8 Å². The second kappa shape index (κ2) is 7.04. The van der Waals surface area contributed by atoms with Crippen molar-refractivity contribution in [3.8, 4) is 5.75 Å². The predicted molar refractivity (Wildman–Crippen MR) is 77.4 cm³/mol. The standard InChI is InChI=1S/C16H24FNO2/c1-12(19)15-7-6-14(11-16(15)17)20-10-8-13-5-3-4-9-18(13)2/h6-7,11-13,19H,3-5,8-10H2,1-2H3/t12-,13?/m1/s1. The molecule has 1 aromatic rings. The summed E-state index contributed by atoms with van der Waals surface area (Å²) in [5.41, 5.74) is 0.310. The van der Waals surface area contributed by atoms with Crippen molar-refractivity contribution >= 4 is 0 Å². The molecule has 1 aliphatic heterocycles. The molecule has 0 spiro atoms. The van der Waals surface area contributed by atoms with E-state index in [1.54, 1.807) is 19.1 Å². The summed E-state index contributed by atoms with van der Waals surface area (Å²) in [5, 5.41) is 9.38. The van der Waals surface area contributed by atoms with E-state index in [1.807, 2.05) is 0 Å². The lowest BCUT2D eigenvalue weighted by molar-refractivity contribution is 0.153. The third kappa shape index (κ3) is 3.93. The van der Waals surface area contributed by atoms with Crippen LogP contribution >= 0.6 is 0 Å². The highest BCUT2D eigenvalue weighted by molar-refractivity contribution is 5.29. The first kappa shape index (κ1) is 15.3. The number of halogens is 1. The Bertz CT molecular complexity index is 436. The summed E-state index contributed by atoms with van der Waals surface area (Å²) >= 11 is 0. The minimum atomic E-state index is -0.792. The Morgan fingerprint density at radius 3 is 2.90 bits per heavy atom. The van der Waals surface area contributed by atoms with Gasteiger partial charge in [0.25, 0.3) is 0 Å². The van der Waals surface area contributed by atoms with Gasteiger partial charge in [-0.25, -0.2) is 4.39 Å². The number of aliphatic hydroxyl groups excluding tert-OH is 1. The minimum absolute atomic E-state index is 0.310. The molecule has 1 unspecified atom stereocenters. The molecule has 1 N–H and O–H groups in total. The molecule has 3 nitrogen and oxygen atoms in total. The van der Waals surface area contributed by atoms with Gasteiger partial charge in [0.2, 0.25) is 0 Å². The van der Waals surface area contributed by atoms with Gasteiger partial charge in [0.05, 0.1) is 12.7 Å². The molecule has 2 rings (SSSR count). The zero-order valence-corrected chi connectivity index (χ0v) is 12.3. The SMILES string of the molecule is C[C@@H](O)c1ccc(OCCC2CCCCN2C)cc1F. The highest BCUT2D eigenvalue weighted by atomic mass is 19.1. The number of hydrogen-bond donors (Lipinski definition) is 1. The van der Waals surface area contributed by atoms with Crippen molar-refractivity contribution in [3.63, 3.8) is 0 Å². The van der Waals surface area contributed by atoms with Crippen LogP contribution in [-0.2, 0) is 0 Å². The average Bonchev–Trinajstić information content (AvgIpc) is 2.40. The van der Waals surface area contributed by atoms with E-state index in [9.17, 15) is 9.50 Å². The van der Waals surface area contributed by atoms with Gasteiger partial charge >= 0.3 is 0 Å². The molecule has 0 radical (unpaired) electrons. The predicted octanol–water partition coefficient (Wildman–Crippen LogP) is 3.13. The second-order valence-electron chi connectivity index (χ2n) is 5.63. The second-order valence-corrected chi connectivity index (χ2v) is 5.63. The lowest BCUT2D eigenvalue weighted by atomic mass is 10.0. The van der Waals surface area contributed by atoms with Crippen LogP contribution in [0, 0.1) is 5.82 Å². The van der Waals surface area contributed by atoms with E-state index < -0.39 is 11.9 Å². The molecular formula is C16H24FNO2. The molecule has 4 heteroatoms. The molecule has 20 heavy (non-hydrogen) atoms. The van der Waals surface area contributed by atoms with E-state index in [0.29, 0.717) is 24.0 Å². The lowest BCUT2D eigenvalue weighted by Crippen LogP contribution is -2.37. The Morgan fingerprint density at radius 2 is 2.25 bits per heavy atom. The van der Waals surface area contributed by atoms with E-state index in [2.05, 4.69) is 11.9 Å². The maximum absolute atomic E-state index is 13.7. The zero-order valence-electron chi connectivity index (χ0n) is 12.3.